The van der Waals surface area contributed by atoms with Gasteiger partial charge in [0.1, 0.15) is 17.3 Å². The molecule has 1 amide bonds. The van der Waals surface area contributed by atoms with E-state index in [0.29, 0.717) is 35.6 Å². The molecule has 1 N–H and O–H groups in total. The van der Waals surface area contributed by atoms with Crippen LogP contribution in [0.15, 0.2) is 54.1 Å². The van der Waals surface area contributed by atoms with Crippen LogP contribution in [0.3, 0.4) is 0 Å². The van der Waals surface area contributed by atoms with Gasteiger partial charge in [0.05, 0.1) is 23.8 Å². The smallest absolute Gasteiger partial charge is 0.295 e. The van der Waals surface area contributed by atoms with Crippen LogP contribution in [0.2, 0.25) is 0 Å². The van der Waals surface area contributed by atoms with Crippen molar-refractivity contribution in [1.29, 1.82) is 0 Å². The maximum absolute atomic E-state index is 13.1. The minimum absolute atomic E-state index is 0.0393. The van der Waals surface area contributed by atoms with Gasteiger partial charge in [-0.2, -0.15) is 0 Å². The highest BCUT2D eigenvalue weighted by Gasteiger charge is 2.46. The minimum atomic E-state index is -0.737. The lowest BCUT2D eigenvalue weighted by Crippen LogP contribution is -2.30. The van der Waals surface area contributed by atoms with Crippen molar-refractivity contribution >= 4 is 17.4 Å². The zero-order valence-electron chi connectivity index (χ0n) is 19.3. The summed E-state index contributed by atoms with van der Waals surface area (Å²) < 4.78 is 11.7. The number of ether oxygens (including phenoxy) is 2. The van der Waals surface area contributed by atoms with Gasteiger partial charge in [0, 0.05) is 17.7 Å². The average Bonchev–Trinajstić information content (AvgIpc) is 2.98. The Labute approximate surface area is 189 Å². The molecule has 3 rings (SSSR count). The highest BCUT2D eigenvalue weighted by atomic mass is 16.5. The molecule has 1 atom stereocenters. The molecule has 2 aromatic carbocycles. The number of nitrogens with zero attached hydrogens (tertiary/aromatic N) is 1. The van der Waals surface area contributed by atoms with E-state index in [9.17, 15) is 14.7 Å². The van der Waals surface area contributed by atoms with E-state index >= 15 is 0 Å². The number of ketones is 1. The van der Waals surface area contributed by atoms with E-state index in [2.05, 4.69) is 0 Å². The van der Waals surface area contributed by atoms with Gasteiger partial charge in [-0.25, -0.2) is 0 Å². The molecule has 6 heteroatoms. The first-order valence-corrected chi connectivity index (χ1v) is 11.1. The molecule has 0 aromatic heterocycles. The van der Waals surface area contributed by atoms with Gasteiger partial charge >= 0.3 is 0 Å². The molecule has 2 aromatic rings. The second-order valence-corrected chi connectivity index (χ2v) is 8.39. The van der Waals surface area contributed by atoms with Crippen molar-refractivity contribution in [1.82, 2.24) is 4.90 Å². The lowest BCUT2D eigenvalue weighted by Gasteiger charge is -2.27. The highest BCUT2D eigenvalue weighted by Crippen LogP contribution is 2.43. The van der Waals surface area contributed by atoms with Gasteiger partial charge in [0.15, 0.2) is 0 Å². The largest absolute Gasteiger partial charge is 0.507 e. The van der Waals surface area contributed by atoms with Gasteiger partial charge < -0.3 is 19.5 Å². The first-order valence-electron chi connectivity index (χ1n) is 11.1. The predicted molar refractivity (Wildman–Crippen MR) is 124 cm³/mol. The molecular weight excluding hydrogens is 406 g/mol. The molecule has 0 bridgehead atoms. The number of Topliss-reactive ketones (excluding diaryl/α,β-unsaturated/α-hetero) is 1. The average molecular weight is 438 g/mol. The van der Waals surface area contributed by atoms with E-state index in [-0.39, 0.29) is 23.5 Å². The molecule has 170 valence electrons. The van der Waals surface area contributed by atoms with E-state index in [4.69, 9.17) is 9.47 Å². The Morgan fingerprint density at radius 3 is 2.34 bits per heavy atom. The number of benzene rings is 2. The van der Waals surface area contributed by atoms with Crippen LogP contribution in [0.4, 0.5) is 0 Å². The van der Waals surface area contributed by atoms with Gasteiger partial charge in [-0.15, -0.1) is 0 Å². The first kappa shape index (κ1) is 23.4. The Morgan fingerprint density at radius 1 is 1.00 bits per heavy atom. The van der Waals surface area contributed by atoms with Crippen molar-refractivity contribution in [3.8, 4) is 11.5 Å². The van der Waals surface area contributed by atoms with Gasteiger partial charge in [0.2, 0.25) is 0 Å². The van der Waals surface area contributed by atoms with E-state index in [0.717, 1.165) is 0 Å². The molecule has 1 saturated heterocycles. The van der Waals surface area contributed by atoms with Crippen LogP contribution in [0.25, 0.3) is 5.76 Å². The number of carbonyl (C=O) groups excluding carboxylic acids is 2. The molecule has 1 heterocycles. The molecule has 1 aliphatic heterocycles. The summed E-state index contributed by atoms with van der Waals surface area (Å²) in [6.07, 6.45) is 0.547. The minimum Gasteiger partial charge on any atom is -0.507 e. The zero-order valence-corrected chi connectivity index (χ0v) is 19.3. The quantitative estimate of drug-likeness (QED) is 0.354. The Bertz CT molecular complexity index is 1020. The summed E-state index contributed by atoms with van der Waals surface area (Å²) in [4.78, 5) is 27.6. The standard InChI is InChI=1S/C26H31NO5/c1-6-14-27-23(20-12-7-8-13-21(20)32-17(4)5)22(25(29)26(27)30)24(28)18-10-9-11-19(15-18)31-16(2)3/h7-13,15-17,23,28H,6,14H2,1-5H3/b24-22-. The summed E-state index contributed by atoms with van der Waals surface area (Å²) in [5.41, 5.74) is 1.15. The molecule has 0 aliphatic carbocycles. The third kappa shape index (κ3) is 4.79. The summed E-state index contributed by atoms with van der Waals surface area (Å²) in [5, 5.41) is 11.2. The molecule has 1 fully saturated rings. The number of hydrogen-bond acceptors (Lipinski definition) is 5. The third-order valence-electron chi connectivity index (χ3n) is 5.06. The summed E-state index contributed by atoms with van der Waals surface area (Å²) in [7, 11) is 0. The summed E-state index contributed by atoms with van der Waals surface area (Å²) >= 11 is 0. The SMILES string of the molecule is CCCN1C(=O)C(=O)/C(=C(\O)c2cccc(OC(C)C)c2)C1c1ccccc1OC(C)C. The second kappa shape index (κ2) is 9.90. The van der Waals surface area contributed by atoms with Crippen molar-refractivity contribution in [2.45, 2.75) is 59.3 Å². The highest BCUT2D eigenvalue weighted by molar-refractivity contribution is 6.46. The van der Waals surface area contributed by atoms with Gasteiger partial charge in [-0.3, -0.25) is 9.59 Å². The molecule has 0 saturated carbocycles. The third-order valence-corrected chi connectivity index (χ3v) is 5.06. The van der Waals surface area contributed by atoms with E-state index in [1.807, 2.05) is 58.9 Å². The Morgan fingerprint density at radius 2 is 1.69 bits per heavy atom. The lowest BCUT2D eigenvalue weighted by molar-refractivity contribution is -0.139. The Kier molecular flexibility index (Phi) is 7.23. The molecular formula is C26H31NO5. The zero-order chi connectivity index (χ0) is 23.4. The summed E-state index contributed by atoms with van der Waals surface area (Å²) in [6.45, 7) is 9.99. The summed E-state index contributed by atoms with van der Waals surface area (Å²) in [5.74, 6) is -0.381. The fraction of sp³-hybridized carbons (Fsp3) is 0.385. The number of para-hydroxylation sites is 1. The number of likely N-dealkylation sites (tertiary alicyclic amines) is 1. The van der Waals surface area contributed by atoms with Crippen LogP contribution >= 0.6 is 0 Å². The van der Waals surface area contributed by atoms with Crippen molar-refractivity contribution in [2.24, 2.45) is 0 Å². The maximum atomic E-state index is 13.1. The van der Waals surface area contributed by atoms with Crippen molar-refractivity contribution < 1.29 is 24.2 Å². The monoisotopic (exact) mass is 437 g/mol. The topological polar surface area (TPSA) is 76.1 Å². The molecule has 1 aliphatic rings. The van der Waals surface area contributed by atoms with Crippen molar-refractivity contribution in [3.63, 3.8) is 0 Å². The van der Waals surface area contributed by atoms with Gasteiger partial charge in [-0.1, -0.05) is 37.3 Å². The van der Waals surface area contributed by atoms with Gasteiger partial charge in [0.25, 0.3) is 11.7 Å². The number of amides is 1. The number of aliphatic hydroxyl groups excluding tert-OH is 1. The van der Waals surface area contributed by atoms with E-state index in [1.54, 1.807) is 24.3 Å². The normalized spacial score (nSPS) is 18.0. The van der Waals surface area contributed by atoms with Crippen LogP contribution in [-0.2, 0) is 9.59 Å². The van der Waals surface area contributed by atoms with Crippen molar-refractivity contribution in [2.75, 3.05) is 6.54 Å². The van der Waals surface area contributed by atoms with E-state index < -0.39 is 17.7 Å². The molecule has 0 spiro atoms. The first-order chi connectivity index (χ1) is 15.2. The number of rotatable bonds is 8. The number of hydrogen-bond donors (Lipinski definition) is 1. The van der Waals surface area contributed by atoms with Gasteiger partial charge in [-0.05, 0) is 52.3 Å². The summed E-state index contributed by atoms with van der Waals surface area (Å²) in [6, 6.07) is 13.5. The Balaban J connectivity index is 2.19. The van der Waals surface area contributed by atoms with Crippen LogP contribution in [-0.4, -0.2) is 40.4 Å². The van der Waals surface area contributed by atoms with Crippen LogP contribution in [0.1, 0.15) is 58.2 Å². The molecule has 0 radical (unpaired) electrons. The van der Waals surface area contributed by atoms with E-state index in [1.165, 1.54) is 4.90 Å². The Hall–Kier alpha value is -3.28. The predicted octanol–water partition coefficient (Wildman–Crippen LogP) is 5.09. The maximum Gasteiger partial charge on any atom is 0.295 e. The second-order valence-electron chi connectivity index (χ2n) is 8.39. The lowest BCUT2D eigenvalue weighted by atomic mass is 9.94. The molecule has 1 unspecified atom stereocenters. The van der Waals surface area contributed by atoms with Crippen LogP contribution in [0.5, 0.6) is 11.5 Å². The fourth-order valence-corrected chi connectivity index (χ4v) is 3.89. The molecule has 32 heavy (non-hydrogen) atoms. The number of carbonyl (C=O) groups is 2. The molecule has 6 nitrogen and oxygen atoms in total. The van der Waals surface area contributed by atoms with Crippen LogP contribution in [0, 0.1) is 0 Å². The van der Waals surface area contributed by atoms with Crippen LogP contribution < -0.4 is 9.47 Å². The fourth-order valence-electron chi connectivity index (χ4n) is 3.89. The van der Waals surface area contributed by atoms with Crippen molar-refractivity contribution in [3.05, 3.63) is 65.2 Å². The number of aliphatic hydroxyl groups is 1.